The minimum atomic E-state index is -2.93. The molecule has 6 nitrogen and oxygen atoms in total. The third-order valence-electron chi connectivity index (χ3n) is 3.26. The highest BCUT2D eigenvalue weighted by molar-refractivity contribution is 7.91. The van der Waals surface area contributed by atoms with E-state index in [1.54, 1.807) is 0 Å². The van der Waals surface area contributed by atoms with Gasteiger partial charge >= 0.3 is 0 Å². The maximum atomic E-state index is 11.4. The van der Waals surface area contributed by atoms with Gasteiger partial charge in [0, 0.05) is 5.92 Å². The number of aromatic nitrogens is 2. The normalized spacial score (nSPS) is 26.9. The van der Waals surface area contributed by atoms with Gasteiger partial charge in [0.05, 0.1) is 17.0 Å². The maximum Gasteiger partial charge on any atom is 0.246 e. The van der Waals surface area contributed by atoms with E-state index in [1.165, 1.54) is 0 Å². The number of hydrogen-bond acceptors (Lipinski definition) is 6. The molecule has 2 unspecified atom stereocenters. The summed E-state index contributed by atoms with van der Waals surface area (Å²) in [4.78, 5) is 4.23. The van der Waals surface area contributed by atoms with Crippen molar-refractivity contribution in [3.63, 3.8) is 0 Å². The molecule has 0 bridgehead atoms. The Morgan fingerprint density at radius 2 is 2.29 bits per heavy atom. The average Bonchev–Trinajstić information content (AvgIpc) is 2.84. The van der Waals surface area contributed by atoms with Crippen LogP contribution in [-0.4, -0.2) is 30.1 Å². The molecular weight excluding hydrogens is 242 g/mol. The summed E-state index contributed by atoms with van der Waals surface area (Å²) in [5, 5.41) is 3.85. The fourth-order valence-corrected chi connectivity index (χ4v) is 3.52. The quantitative estimate of drug-likeness (QED) is 0.851. The van der Waals surface area contributed by atoms with Crippen molar-refractivity contribution in [2.75, 3.05) is 11.5 Å². The van der Waals surface area contributed by atoms with Crippen molar-refractivity contribution in [1.29, 1.82) is 0 Å². The lowest BCUT2D eigenvalue weighted by Gasteiger charge is -2.16. The lowest BCUT2D eigenvalue weighted by Crippen LogP contribution is -2.32. The second-order valence-corrected chi connectivity index (χ2v) is 7.06. The molecule has 2 rings (SSSR count). The van der Waals surface area contributed by atoms with E-state index < -0.39 is 15.4 Å². The molecule has 2 atom stereocenters. The summed E-state index contributed by atoms with van der Waals surface area (Å²) >= 11 is 0. The summed E-state index contributed by atoms with van der Waals surface area (Å²) in [5.41, 5.74) is 5.34. The van der Waals surface area contributed by atoms with Crippen LogP contribution >= 0.6 is 0 Å². The molecule has 0 saturated carbocycles. The molecule has 1 fully saturated rings. The zero-order valence-corrected chi connectivity index (χ0v) is 10.8. The van der Waals surface area contributed by atoms with Crippen LogP contribution in [0.15, 0.2) is 4.52 Å². The molecule has 0 radical (unpaired) electrons. The molecule has 96 valence electrons. The van der Waals surface area contributed by atoms with E-state index in [0.29, 0.717) is 24.6 Å². The Morgan fingerprint density at radius 1 is 1.59 bits per heavy atom. The molecule has 0 spiro atoms. The Labute approximate surface area is 100 Å². The fourth-order valence-electron chi connectivity index (χ4n) is 1.78. The van der Waals surface area contributed by atoms with Crippen LogP contribution in [0.25, 0.3) is 0 Å². The molecule has 2 heterocycles. The van der Waals surface area contributed by atoms with Gasteiger partial charge in [-0.25, -0.2) is 8.42 Å². The fraction of sp³-hybridized carbons (Fsp3) is 0.800. The Balaban J connectivity index is 2.20. The Kier molecular flexibility index (Phi) is 2.99. The number of hydrogen-bond donors (Lipinski definition) is 1. The van der Waals surface area contributed by atoms with Gasteiger partial charge in [0.25, 0.3) is 0 Å². The standard InChI is InChI=1S/C10H17N3O3S/c1-3-10(2,11)9-12-8(13-16-9)7-4-5-17(14,15)6-7/h7H,3-6,11H2,1-2H3. The van der Waals surface area contributed by atoms with Gasteiger partial charge in [-0.15, -0.1) is 0 Å². The molecule has 1 saturated heterocycles. The van der Waals surface area contributed by atoms with Crippen LogP contribution in [0.2, 0.25) is 0 Å². The first-order valence-corrected chi connectivity index (χ1v) is 7.49. The van der Waals surface area contributed by atoms with Crippen molar-refractivity contribution in [2.45, 2.75) is 38.1 Å². The minimum absolute atomic E-state index is 0.111. The number of nitrogens with two attached hydrogens (primary N) is 1. The molecule has 1 aliphatic rings. The van der Waals surface area contributed by atoms with E-state index in [0.717, 1.165) is 0 Å². The second-order valence-electron chi connectivity index (χ2n) is 4.83. The van der Waals surface area contributed by atoms with Crippen molar-refractivity contribution in [3.8, 4) is 0 Å². The van der Waals surface area contributed by atoms with Crippen molar-refractivity contribution in [2.24, 2.45) is 5.73 Å². The minimum Gasteiger partial charge on any atom is -0.337 e. The van der Waals surface area contributed by atoms with Crippen LogP contribution in [0.5, 0.6) is 0 Å². The number of rotatable bonds is 3. The molecule has 0 aliphatic carbocycles. The summed E-state index contributed by atoms with van der Waals surface area (Å²) in [6.07, 6.45) is 1.24. The molecule has 17 heavy (non-hydrogen) atoms. The van der Waals surface area contributed by atoms with Gasteiger partial charge in [-0.05, 0) is 19.8 Å². The molecule has 0 aromatic carbocycles. The van der Waals surface area contributed by atoms with Gasteiger partial charge < -0.3 is 10.3 Å². The maximum absolute atomic E-state index is 11.4. The van der Waals surface area contributed by atoms with Gasteiger partial charge in [0.15, 0.2) is 15.7 Å². The molecule has 0 amide bonds. The predicted octanol–water partition coefficient (Wildman–Crippen LogP) is 0.556. The topological polar surface area (TPSA) is 99.1 Å². The van der Waals surface area contributed by atoms with E-state index in [2.05, 4.69) is 10.1 Å². The monoisotopic (exact) mass is 259 g/mol. The summed E-state index contributed by atoms with van der Waals surface area (Å²) in [5.74, 6) is 1.00. The van der Waals surface area contributed by atoms with Gasteiger partial charge in [-0.1, -0.05) is 12.1 Å². The van der Waals surface area contributed by atoms with Crippen molar-refractivity contribution < 1.29 is 12.9 Å². The third-order valence-corrected chi connectivity index (χ3v) is 5.03. The number of nitrogens with zero attached hydrogens (tertiary/aromatic N) is 2. The first-order valence-electron chi connectivity index (χ1n) is 5.67. The van der Waals surface area contributed by atoms with Gasteiger partial charge in [-0.3, -0.25) is 0 Å². The Hall–Kier alpha value is -0.950. The van der Waals surface area contributed by atoms with Crippen LogP contribution in [0.1, 0.15) is 44.3 Å². The smallest absolute Gasteiger partial charge is 0.246 e. The van der Waals surface area contributed by atoms with Crippen LogP contribution in [0.4, 0.5) is 0 Å². The zero-order valence-electron chi connectivity index (χ0n) is 10.0. The van der Waals surface area contributed by atoms with Gasteiger partial charge in [-0.2, -0.15) is 4.98 Å². The van der Waals surface area contributed by atoms with Crippen molar-refractivity contribution in [3.05, 3.63) is 11.7 Å². The van der Waals surface area contributed by atoms with E-state index in [9.17, 15) is 8.42 Å². The van der Waals surface area contributed by atoms with Gasteiger partial charge in [0.2, 0.25) is 5.89 Å². The molecule has 1 aromatic heterocycles. The second kappa shape index (κ2) is 4.06. The zero-order chi connectivity index (χ0) is 12.7. The largest absolute Gasteiger partial charge is 0.337 e. The highest BCUT2D eigenvalue weighted by Crippen LogP contribution is 2.28. The lowest BCUT2D eigenvalue weighted by atomic mass is 10.0. The molecule has 1 aliphatic heterocycles. The first kappa shape index (κ1) is 12.5. The van der Waals surface area contributed by atoms with E-state index in [-0.39, 0.29) is 17.4 Å². The lowest BCUT2D eigenvalue weighted by molar-refractivity contribution is 0.289. The Bertz CT molecular complexity index is 507. The van der Waals surface area contributed by atoms with Gasteiger partial charge in [0.1, 0.15) is 0 Å². The summed E-state index contributed by atoms with van der Waals surface area (Å²) in [6, 6.07) is 0. The first-order chi connectivity index (χ1) is 7.84. The van der Waals surface area contributed by atoms with Crippen LogP contribution in [-0.2, 0) is 15.4 Å². The van der Waals surface area contributed by atoms with Crippen molar-refractivity contribution in [1.82, 2.24) is 10.1 Å². The predicted molar refractivity (Wildman–Crippen MR) is 62.1 cm³/mol. The van der Waals surface area contributed by atoms with Crippen LogP contribution in [0.3, 0.4) is 0 Å². The SMILES string of the molecule is CCC(C)(N)c1nc(C2CCS(=O)(=O)C2)no1. The Morgan fingerprint density at radius 3 is 2.82 bits per heavy atom. The average molecular weight is 259 g/mol. The molecular formula is C10H17N3O3S. The van der Waals surface area contributed by atoms with E-state index >= 15 is 0 Å². The highest BCUT2D eigenvalue weighted by atomic mass is 32.2. The number of sulfone groups is 1. The summed E-state index contributed by atoms with van der Waals surface area (Å²) < 4.78 is 27.8. The van der Waals surface area contributed by atoms with Crippen molar-refractivity contribution >= 4 is 9.84 Å². The summed E-state index contributed by atoms with van der Waals surface area (Å²) in [6.45, 7) is 3.75. The third kappa shape index (κ3) is 2.50. The van der Waals surface area contributed by atoms with E-state index in [4.69, 9.17) is 10.3 Å². The molecule has 2 N–H and O–H groups in total. The van der Waals surface area contributed by atoms with Crippen LogP contribution in [0, 0.1) is 0 Å². The molecule has 7 heteroatoms. The summed E-state index contributed by atoms with van der Waals surface area (Å²) in [7, 11) is -2.93. The molecule has 1 aromatic rings. The highest BCUT2D eigenvalue weighted by Gasteiger charge is 2.34. The van der Waals surface area contributed by atoms with E-state index in [1.807, 2.05) is 13.8 Å². The van der Waals surface area contributed by atoms with Crippen LogP contribution < -0.4 is 5.73 Å².